The maximum absolute atomic E-state index is 12.6. The van der Waals surface area contributed by atoms with Crippen molar-refractivity contribution in [3.8, 4) is 0 Å². The number of hydrogen-bond donors (Lipinski definition) is 2. The Labute approximate surface area is 161 Å². The number of aryl methyl sites for hydroxylation is 1. The number of anilines is 2. The fraction of sp³-hybridized carbons (Fsp3) is 0.381. The molecule has 0 bridgehead atoms. The van der Waals surface area contributed by atoms with Crippen molar-refractivity contribution in [3.63, 3.8) is 0 Å². The molecule has 1 amide bonds. The summed E-state index contributed by atoms with van der Waals surface area (Å²) in [7, 11) is -3.67. The summed E-state index contributed by atoms with van der Waals surface area (Å²) >= 11 is 0. The number of carbonyl (C=O) groups is 1. The van der Waals surface area contributed by atoms with Gasteiger partial charge in [-0.25, -0.2) is 8.42 Å². The Bertz CT molecular complexity index is 887. The average molecular weight is 387 g/mol. The van der Waals surface area contributed by atoms with Crippen LogP contribution in [0.3, 0.4) is 0 Å². The lowest BCUT2D eigenvalue weighted by Crippen LogP contribution is -2.22. The van der Waals surface area contributed by atoms with Crippen LogP contribution in [0.2, 0.25) is 0 Å². The first-order chi connectivity index (χ1) is 13.0. The van der Waals surface area contributed by atoms with Crippen LogP contribution < -0.4 is 10.0 Å². The third-order valence-corrected chi connectivity index (χ3v) is 6.41. The van der Waals surface area contributed by atoms with Gasteiger partial charge in [-0.15, -0.1) is 0 Å². The summed E-state index contributed by atoms with van der Waals surface area (Å²) in [5.74, 6) is 0.0656. The SMILES string of the molecule is Cc1ccc(NC(=O)C2CCCCCC2)cc1NS(=O)(=O)c1ccccc1. The van der Waals surface area contributed by atoms with Crippen LogP contribution in [0.5, 0.6) is 0 Å². The molecule has 144 valence electrons. The van der Waals surface area contributed by atoms with Crippen LogP contribution in [0.1, 0.15) is 44.1 Å². The van der Waals surface area contributed by atoms with Crippen molar-refractivity contribution in [1.82, 2.24) is 0 Å². The average Bonchev–Trinajstić information content (AvgIpc) is 2.94. The fourth-order valence-corrected chi connectivity index (χ4v) is 4.54. The monoisotopic (exact) mass is 386 g/mol. The number of hydrogen-bond acceptors (Lipinski definition) is 3. The second kappa shape index (κ2) is 8.57. The van der Waals surface area contributed by atoms with E-state index in [9.17, 15) is 13.2 Å². The Morgan fingerprint density at radius 3 is 2.30 bits per heavy atom. The number of benzene rings is 2. The van der Waals surface area contributed by atoms with Crippen molar-refractivity contribution in [1.29, 1.82) is 0 Å². The van der Waals surface area contributed by atoms with E-state index in [4.69, 9.17) is 0 Å². The molecule has 2 aromatic rings. The molecule has 2 aromatic carbocycles. The van der Waals surface area contributed by atoms with Gasteiger partial charge < -0.3 is 5.32 Å². The lowest BCUT2D eigenvalue weighted by molar-refractivity contribution is -0.120. The van der Waals surface area contributed by atoms with E-state index in [1.165, 1.54) is 12.8 Å². The van der Waals surface area contributed by atoms with E-state index in [0.717, 1.165) is 31.2 Å². The molecule has 0 heterocycles. The number of rotatable bonds is 5. The van der Waals surface area contributed by atoms with Crippen LogP contribution in [0.25, 0.3) is 0 Å². The highest BCUT2D eigenvalue weighted by molar-refractivity contribution is 7.92. The highest BCUT2D eigenvalue weighted by atomic mass is 32.2. The van der Waals surface area contributed by atoms with Crippen LogP contribution in [-0.4, -0.2) is 14.3 Å². The highest BCUT2D eigenvalue weighted by Crippen LogP contribution is 2.27. The molecule has 0 radical (unpaired) electrons. The van der Waals surface area contributed by atoms with Gasteiger partial charge in [-0.05, 0) is 49.6 Å². The van der Waals surface area contributed by atoms with E-state index in [-0.39, 0.29) is 16.7 Å². The predicted molar refractivity (Wildman–Crippen MR) is 108 cm³/mol. The number of nitrogens with one attached hydrogen (secondary N) is 2. The third kappa shape index (κ3) is 5.10. The van der Waals surface area contributed by atoms with E-state index < -0.39 is 10.0 Å². The van der Waals surface area contributed by atoms with Crippen molar-refractivity contribution in [2.24, 2.45) is 5.92 Å². The summed E-state index contributed by atoms with van der Waals surface area (Å²) < 4.78 is 27.8. The van der Waals surface area contributed by atoms with Crippen LogP contribution in [-0.2, 0) is 14.8 Å². The lowest BCUT2D eigenvalue weighted by Gasteiger charge is -2.16. The molecule has 0 aliphatic heterocycles. The maximum Gasteiger partial charge on any atom is 0.261 e. The number of amides is 1. The Morgan fingerprint density at radius 1 is 0.963 bits per heavy atom. The smallest absolute Gasteiger partial charge is 0.261 e. The molecule has 0 spiro atoms. The summed E-state index contributed by atoms with van der Waals surface area (Å²) in [6.07, 6.45) is 6.41. The van der Waals surface area contributed by atoms with Crippen molar-refractivity contribution < 1.29 is 13.2 Å². The first-order valence-electron chi connectivity index (χ1n) is 9.45. The van der Waals surface area contributed by atoms with Crippen LogP contribution in [0.4, 0.5) is 11.4 Å². The molecule has 27 heavy (non-hydrogen) atoms. The first-order valence-corrected chi connectivity index (χ1v) is 10.9. The van der Waals surface area contributed by atoms with Crippen LogP contribution in [0.15, 0.2) is 53.4 Å². The zero-order valence-corrected chi connectivity index (χ0v) is 16.4. The Hall–Kier alpha value is -2.34. The second-order valence-corrected chi connectivity index (χ2v) is 8.81. The third-order valence-electron chi connectivity index (χ3n) is 5.03. The molecule has 1 fully saturated rings. The first kappa shape index (κ1) is 19.4. The zero-order valence-electron chi connectivity index (χ0n) is 15.6. The maximum atomic E-state index is 12.6. The highest BCUT2D eigenvalue weighted by Gasteiger charge is 2.21. The molecule has 1 aliphatic rings. The molecule has 5 nitrogen and oxygen atoms in total. The molecule has 0 atom stereocenters. The van der Waals surface area contributed by atoms with E-state index in [0.29, 0.717) is 11.4 Å². The van der Waals surface area contributed by atoms with E-state index in [2.05, 4.69) is 10.0 Å². The van der Waals surface area contributed by atoms with E-state index in [1.54, 1.807) is 36.4 Å². The molecule has 0 aromatic heterocycles. The minimum Gasteiger partial charge on any atom is -0.326 e. The van der Waals surface area contributed by atoms with Gasteiger partial charge in [0.1, 0.15) is 0 Å². The minimum absolute atomic E-state index is 0.0256. The Kier molecular flexibility index (Phi) is 6.16. The van der Waals surface area contributed by atoms with Crippen LogP contribution in [0, 0.1) is 12.8 Å². The summed E-state index contributed by atoms with van der Waals surface area (Å²) in [5.41, 5.74) is 1.88. The molecule has 0 saturated heterocycles. The fourth-order valence-electron chi connectivity index (χ4n) is 3.40. The van der Waals surface area contributed by atoms with Gasteiger partial charge in [0.25, 0.3) is 10.0 Å². The summed E-state index contributed by atoms with van der Waals surface area (Å²) in [6.45, 7) is 1.83. The van der Waals surface area contributed by atoms with E-state index >= 15 is 0 Å². The minimum atomic E-state index is -3.67. The number of carbonyl (C=O) groups excluding carboxylic acids is 1. The summed E-state index contributed by atoms with van der Waals surface area (Å²) in [4.78, 5) is 12.8. The molecule has 1 saturated carbocycles. The van der Waals surface area contributed by atoms with Gasteiger partial charge in [-0.3, -0.25) is 9.52 Å². The van der Waals surface area contributed by atoms with Gasteiger partial charge in [-0.1, -0.05) is 49.9 Å². The topological polar surface area (TPSA) is 75.3 Å². The second-order valence-electron chi connectivity index (χ2n) is 7.13. The Balaban J connectivity index is 1.75. The van der Waals surface area contributed by atoms with Crippen molar-refractivity contribution in [2.75, 3.05) is 10.0 Å². The number of sulfonamides is 1. The van der Waals surface area contributed by atoms with Gasteiger partial charge in [0.15, 0.2) is 0 Å². The van der Waals surface area contributed by atoms with Crippen LogP contribution >= 0.6 is 0 Å². The van der Waals surface area contributed by atoms with Gasteiger partial charge in [0.2, 0.25) is 5.91 Å². The normalized spacial score (nSPS) is 15.7. The Morgan fingerprint density at radius 2 is 1.63 bits per heavy atom. The van der Waals surface area contributed by atoms with Crippen molar-refractivity contribution >= 4 is 27.3 Å². The standard InChI is InChI=1S/C21H26N2O3S/c1-16-13-14-18(22-21(24)17-9-5-2-3-6-10-17)15-20(16)23-27(25,26)19-11-7-4-8-12-19/h4,7-8,11-15,17,23H,2-3,5-6,9-10H2,1H3,(H,22,24). The zero-order chi connectivity index (χ0) is 19.3. The lowest BCUT2D eigenvalue weighted by atomic mass is 9.99. The quantitative estimate of drug-likeness (QED) is 0.731. The molecule has 1 aliphatic carbocycles. The van der Waals surface area contributed by atoms with Crippen molar-refractivity contribution in [2.45, 2.75) is 50.3 Å². The van der Waals surface area contributed by atoms with Gasteiger partial charge in [0.05, 0.1) is 10.6 Å². The molecule has 3 rings (SSSR count). The largest absolute Gasteiger partial charge is 0.326 e. The molecule has 0 unspecified atom stereocenters. The van der Waals surface area contributed by atoms with E-state index in [1.807, 2.05) is 19.1 Å². The van der Waals surface area contributed by atoms with Gasteiger partial charge >= 0.3 is 0 Å². The predicted octanol–water partition coefficient (Wildman–Crippen LogP) is 4.70. The molecule has 6 heteroatoms. The summed E-state index contributed by atoms with van der Waals surface area (Å²) in [5, 5.41) is 2.96. The van der Waals surface area contributed by atoms with Crippen molar-refractivity contribution in [3.05, 3.63) is 54.1 Å². The molecule has 2 N–H and O–H groups in total. The molecular weight excluding hydrogens is 360 g/mol. The summed E-state index contributed by atoms with van der Waals surface area (Å²) in [6, 6.07) is 13.6. The molecular formula is C21H26N2O3S. The van der Waals surface area contributed by atoms with Gasteiger partial charge in [0, 0.05) is 11.6 Å². The van der Waals surface area contributed by atoms with Gasteiger partial charge in [-0.2, -0.15) is 0 Å².